The van der Waals surface area contributed by atoms with Crippen LogP contribution in [0.4, 0.5) is 4.39 Å². The van der Waals surface area contributed by atoms with E-state index >= 15 is 0 Å². The summed E-state index contributed by atoms with van der Waals surface area (Å²) in [6.45, 7) is 1.65. The first-order valence-electron chi connectivity index (χ1n) is 5.07. The van der Waals surface area contributed by atoms with Gasteiger partial charge in [0.1, 0.15) is 11.5 Å². The third-order valence-electron chi connectivity index (χ3n) is 2.45. The highest BCUT2D eigenvalue weighted by molar-refractivity contribution is 9.10. The molecule has 0 aliphatic rings. The fourth-order valence-corrected chi connectivity index (χ4v) is 1.89. The largest absolute Gasteiger partial charge is 0.481 e. The third kappa shape index (κ3) is 2.40. The molecule has 0 aliphatic carbocycles. The Morgan fingerprint density at radius 1 is 1.56 bits per heavy atom. The second kappa shape index (κ2) is 4.85. The number of aliphatic carboxylic acids is 1. The van der Waals surface area contributed by atoms with Gasteiger partial charge in [-0.1, -0.05) is 21.1 Å². The van der Waals surface area contributed by atoms with Gasteiger partial charge in [-0.2, -0.15) is 0 Å². The highest BCUT2D eigenvalue weighted by Gasteiger charge is 2.15. The number of hydrogen-bond donors (Lipinski definition) is 1. The molecular weight excluding hydrogens is 305 g/mol. The van der Waals surface area contributed by atoms with Crippen LogP contribution < -0.4 is 0 Å². The van der Waals surface area contributed by atoms with Crippen LogP contribution in [0.25, 0.3) is 5.69 Å². The molecule has 0 bridgehead atoms. The molecule has 1 heterocycles. The summed E-state index contributed by atoms with van der Waals surface area (Å²) in [6.07, 6.45) is -0.235. The number of carbonyl (C=O) groups is 1. The molecule has 1 aromatic carbocycles. The lowest BCUT2D eigenvalue weighted by molar-refractivity contribution is -0.136. The molecule has 0 amide bonds. The molecule has 0 aliphatic heterocycles. The number of aromatic nitrogens is 3. The van der Waals surface area contributed by atoms with Crippen molar-refractivity contribution in [3.8, 4) is 5.69 Å². The lowest BCUT2D eigenvalue weighted by atomic mass is 10.2. The maximum Gasteiger partial charge on any atom is 0.309 e. The van der Waals surface area contributed by atoms with E-state index in [0.29, 0.717) is 15.9 Å². The SMILES string of the molecule is Cc1c(CC(=O)O)nnn1-c1cc(Br)ccc1F. The first-order valence-corrected chi connectivity index (χ1v) is 5.86. The number of halogens is 2. The van der Waals surface area contributed by atoms with Crippen molar-refractivity contribution < 1.29 is 14.3 Å². The molecule has 0 spiro atoms. The average Bonchev–Trinajstić information content (AvgIpc) is 2.64. The van der Waals surface area contributed by atoms with Gasteiger partial charge in [0.25, 0.3) is 0 Å². The zero-order chi connectivity index (χ0) is 13.3. The third-order valence-corrected chi connectivity index (χ3v) is 2.94. The van der Waals surface area contributed by atoms with Crippen molar-refractivity contribution in [2.45, 2.75) is 13.3 Å². The van der Waals surface area contributed by atoms with Gasteiger partial charge in [0.15, 0.2) is 0 Å². The number of carboxylic acids is 1. The first-order chi connectivity index (χ1) is 8.49. The number of hydrogen-bond acceptors (Lipinski definition) is 3. The van der Waals surface area contributed by atoms with Crippen molar-refractivity contribution in [1.29, 1.82) is 0 Å². The van der Waals surface area contributed by atoms with E-state index in [1.54, 1.807) is 19.1 Å². The van der Waals surface area contributed by atoms with Crippen molar-refractivity contribution in [1.82, 2.24) is 15.0 Å². The van der Waals surface area contributed by atoms with Crippen molar-refractivity contribution in [2.24, 2.45) is 0 Å². The van der Waals surface area contributed by atoms with E-state index < -0.39 is 11.8 Å². The Morgan fingerprint density at radius 2 is 2.28 bits per heavy atom. The number of rotatable bonds is 3. The van der Waals surface area contributed by atoms with E-state index in [1.807, 2.05) is 0 Å². The monoisotopic (exact) mass is 313 g/mol. The van der Waals surface area contributed by atoms with Crippen LogP contribution in [0.15, 0.2) is 22.7 Å². The van der Waals surface area contributed by atoms with Crippen LogP contribution in [0, 0.1) is 12.7 Å². The summed E-state index contributed by atoms with van der Waals surface area (Å²) < 4.78 is 15.7. The molecular formula is C11H9BrFN3O2. The molecule has 0 atom stereocenters. The molecule has 0 saturated heterocycles. The molecule has 1 aromatic heterocycles. The maximum atomic E-state index is 13.7. The standard InChI is InChI=1S/C11H9BrFN3O2/c1-6-9(5-11(17)18)14-15-16(6)10-4-7(12)2-3-8(10)13/h2-4H,5H2,1H3,(H,17,18). The quantitative estimate of drug-likeness (QED) is 0.942. The lowest BCUT2D eigenvalue weighted by Crippen LogP contribution is -2.05. The Bertz CT molecular complexity index is 612. The Labute approximate surface area is 110 Å². The van der Waals surface area contributed by atoms with Gasteiger partial charge in [-0.15, -0.1) is 5.10 Å². The Kier molecular flexibility index (Phi) is 3.42. The van der Waals surface area contributed by atoms with Crippen LogP contribution in [0.1, 0.15) is 11.4 Å². The van der Waals surface area contributed by atoms with Gasteiger partial charge in [0, 0.05) is 4.47 Å². The molecule has 0 radical (unpaired) electrons. The Morgan fingerprint density at radius 3 is 2.94 bits per heavy atom. The summed E-state index contributed by atoms with van der Waals surface area (Å²) in [6, 6.07) is 4.43. The highest BCUT2D eigenvalue weighted by atomic mass is 79.9. The topological polar surface area (TPSA) is 68.0 Å². The summed E-state index contributed by atoms with van der Waals surface area (Å²) in [7, 11) is 0. The van der Waals surface area contributed by atoms with Crippen LogP contribution in [0.2, 0.25) is 0 Å². The van der Waals surface area contributed by atoms with Crippen molar-refractivity contribution >= 4 is 21.9 Å². The van der Waals surface area contributed by atoms with Gasteiger partial charge in [0.05, 0.1) is 17.8 Å². The number of benzene rings is 1. The fraction of sp³-hybridized carbons (Fsp3) is 0.182. The Hall–Kier alpha value is -1.76. The molecule has 2 aromatic rings. The van der Waals surface area contributed by atoms with Gasteiger partial charge in [0.2, 0.25) is 0 Å². The second-order valence-corrected chi connectivity index (χ2v) is 4.62. The minimum absolute atomic E-state index is 0.228. The normalized spacial score (nSPS) is 10.6. The van der Waals surface area contributed by atoms with E-state index in [1.165, 1.54) is 10.7 Å². The molecule has 0 saturated carbocycles. The number of nitrogens with zero attached hydrogens (tertiary/aromatic N) is 3. The summed E-state index contributed by atoms with van der Waals surface area (Å²) in [5.41, 5.74) is 1.06. The predicted octanol–water partition coefficient (Wildman–Crippen LogP) is 2.10. The minimum atomic E-state index is -1.00. The number of carboxylic acid groups (broad SMARTS) is 1. The molecule has 94 valence electrons. The second-order valence-electron chi connectivity index (χ2n) is 3.70. The molecule has 18 heavy (non-hydrogen) atoms. The van der Waals surface area contributed by atoms with Gasteiger partial charge < -0.3 is 5.11 Å². The van der Waals surface area contributed by atoms with E-state index in [0.717, 1.165) is 0 Å². The van der Waals surface area contributed by atoms with Crippen molar-refractivity contribution in [3.05, 3.63) is 39.9 Å². The summed E-state index contributed by atoms with van der Waals surface area (Å²) in [5.74, 6) is -1.45. The van der Waals surface area contributed by atoms with E-state index in [2.05, 4.69) is 26.2 Å². The van der Waals surface area contributed by atoms with Gasteiger partial charge in [-0.3, -0.25) is 4.79 Å². The maximum absolute atomic E-state index is 13.7. The minimum Gasteiger partial charge on any atom is -0.481 e. The van der Waals surface area contributed by atoms with Crippen LogP contribution >= 0.6 is 15.9 Å². The lowest BCUT2D eigenvalue weighted by Gasteiger charge is -2.05. The van der Waals surface area contributed by atoms with E-state index in [-0.39, 0.29) is 12.1 Å². The van der Waals surface area contributed by atoms with E-state index in [9.17, 15) is 9.18 Å². The van der Waals surface area contributed by atoms with Gasteiger partial charge >= 0.3 is 5.97 Å². The molecule has 5 nitrogen and oxygen atoms in total. The molecule has 2 rings (SSSR count). The summed E-state index contributed by atoms with van der Waals surface area (Å²) >= 11 is 3.24. The van der Waals surface area contributed by atoms with Crippen molar-refractivity contribution in [2.75, 3.05) is 0 Å². The van der Waals surface area contributed by atoms with Gasteiger partial charge in [-0.25, -0.2) is 9.07 Å². The molecule has 7 heteroatoms. The van der Waals surface area contributed by atoms with Crippen LogP contribution in [0.3, 0.4) is 0 Å². The van der Waals surface area contributed by atoms with Crippen LogP contribution in [-0.2, 0) is 11.2 Å². The summed E-state index contributed by atoms with van der Waals surface area (Å²) in [4.78, 5) is 10.6. The van der Waals surface area contributed by atoms with Crippen molar-refractivity contribution in [3.63, 3.8) is 0 Å². The molecule has 1 N–H and O–H groups in total. The van der Waals surface area contributed by atoms with Crippen LogP contribution in [-0.4, -0.2) is 26.1 Å². The van der Waals surface area contributed by atoms with E-state index in [4.69, 9.17) is 5.11 Å². The molecule has 0 unspecified atom stereocenters. The predicted molar refractivity (Wildman–Crippen MR) is 65.1 cm³/mol. The van der Waals surface area contributed by atoms with Crippen LogP contribution in [0.5, 0.6) is 0 Å². The zero-order valence-electron chi connectivity index (χ0n) is 9.39. The Balaban J connectivity index is 2.48. The average molecular weight is 314 g/mol. The van der Waals surface area contributed by atoms with Gasteiger partial charge in [-0.05, 0) is 25.1 Å². The first kappa shape index (κ1) is 12.7. The fourth-order valence-electron chi connectivity index (χ4n) is 1.54. The molecule has 0 fully saturated rings. The zero-order valence-corrected chi connectivity index (χ0v) is 11.0. The smallest absolute Gasteiger partial charge is 0.309 e. The summed E-state index contributed by atoms with van der Waals surface area (Å²) in [5, 5.41) is 16.2. The highest BCUT2D eigenvalue weighted by Crippen LogP contribution is 2.20.